The Bertz CT molecular complexity index is 467. The van der Waals surface area contributed by atoms with Crippen molar-refractivity contribution in [1.29, 1.82) is 0 Å². The third-order valence-electron chi connectivity index (χ3n) is 1.78. The highest BCUT2D eigenvalue weighted by atomic mass is 35.5. The molecule has 5 heteroatoms. The summed E-state index contributed by atoms with van der Waals surface area (Å²) in [5, 5.41) is 4.29. The van der Waals surface area contributed by atoms with Crippen molar-refractivity contribution in [1.82, 2.24) is 10.1 Å². The molecule has 72 valence electrons. The van der Waals surface area contributed by atoms with Crippen LogP contribution in [0.25, 0.3) is 11.4 Å². The molecule has 0 aliphatic rings. The second-order valence-corrected chi connectivity index (χ2v) is 3.28. The summed E-state index contributed by atoms with van der Waals surface area (Å²) in [4.78, 5) is 4.08. The highest BCUT2D eigenvalue weighted by molar-refractivity contribution is 6.33. The van der Waals surface area contributed by atoms with Gasteiger partial charge in [-0.15, -0.1) is 0 Å². The van der Waals surface area contributed by atoms with E-state index < -0.39 is 0 Å². The molecular formula is C9H8ClN3O. The first-order chi connectivity index (χ1) is 6.66. The summed E-state index contributed by atoms with van der Waals surface area (Å²) in [6, 6.07) is 5.22. The number of benzene rings is 1. The van der Waals surface area contributed by atoms with Gasteiger partial charge in [-0.05, 0) is 18.2 Å². The Kier molecular flexibility index (Phi) is 2.13. The van der Waals surface area contributed by atoms with E-state index in [1.54, 1.807) is 25.1 Å². The number of anilines is 1. The van der Waals surface area contributed by atoms with Gasteiger partial charge in [0.2, 0.25) is 11.7 Å². The maximum atomic E-state index is 5.78. The minimum absolute atomic E-state index is 0.506. The maximum Gasteiger partial charge on any atom is 0.223 e. The monoisotopic (exact) mass is 209 g/mol. The SMILES string of the molecule is Cc1nc(-c2ccc(Cl)c(N)c2)no1. The lowest BCUT2D eigenvalue weighted by Crippen LogP contribution is -1.88. The number of halogens is 1. The van der Waals surface area contributed by atoms with E-state index in [1.807, 2.05) is 0 Å². The van der Waals surface area contributed by atoms with Crippen LogP contribution in [0.15, 0.2) is 22.7 Å². The van der Waals surface area contributed by atoms with E-state index in [0.717, 1.165) is 5.56 Å². The minimum atomic E-state index is 0.506. The van der Waals surface area contributed by atoms with Crippen LogP contribution in [0.3, 0.4) is 0 Å². The van der Waals surface area contributed by atoms with Gasteiger partial charge in [0.25, 0.3) is 0 Å². The summed E-state index contributed by atoms with van der Waals surface area (Å²) in [5.74, 6) is 1.04. The minimum Gasteiger partial charge on any atom is -0.398 e. The number of hydrogen-bond donors (Lipinski definition) is 1. The summed E-state index contributed by atoms with van der Waals surface area (Å²) < 4.78 is 4.85. The first-order valence-corrected chi connectivity index (χ1v) is 4.40. The van der Waals surface area contributed by atoms with Gasteiger partial charge in [0.05, 0.1) is 10.7 Å². The molecule has 0 aliphatic carbocycles. The predicted octanol–water partition coefficient (Wildman–Crippen LogP) is 2.28. The third kappa shape index (κ3) is 1.56. The average Bonchev–Trinajstić information content (AvgIpc) is 2.57. The summed E-state index contributed by atoms with van der Waals surface area (Å²) in [7, 11) is 0. The maximum absolute atomic E-state index is 5.78. The van der Waals surface area contributed by atoms with Crippen LogP contribution >= 0.6 is 11.6 Å². The van der Waals surface area contributed by atoms with Crippen LogP contribution in [0, 0.1) is 6.92 Å². The molecule has 0 fully saturated rings. The number of nitrogens with two attached hydrogens (primary N) is 1. The van der Waals surface area contributed by atoms with E-state index in [4.69, 9.17) is 21.9 Å². The Labute approximate surface area is 85.7 Å². The van der Waals surface area contributed by atoms with Gasteiger partial charge in [0.1, 0.15) is 0 Å². The normalized spacial score (nSPS) is 10.4. The smallest absolute Gasteiger partial charge is 0.223 e. The highest BCUT2D eigenvalue weighted by Crippen LogP contribution is 2.24. The van der Waals surface area contributed by atoms with Crippen LogP contribution in [0.2, 0.25) is 5.02 Å². The molecule has 2 rings (SSSR count). The summed E-state index contributed by atoms with van der Waals surface area (Å²) in [6.07, 6.45) is 0. The quantitative estimate of drug-likeness (QED) is 0.732. The van der Waals surface area contributed by atoms with E-state index in [9.17, 15) is 0 Å². The van der Waals surface area contributed by atoms with Gasteiger partial charge in [-0.3, -0.25) is 0 Å². The zero-order valence-corrected chi connectivity index (χ0v) is 8.25. The lowest BCUT2D eigenvalue weighted by molar-refractivity contribution is 0.394. The second-order valence-electron chi connectivity index (χ2n) is 2.87. The van der Waals surface area contributed by atoms with Crippen molar-refractivity contribution in [3.05, 3.63) is 29.1 Å². The van der Waals surface area contributed by atoms with Gasteiger partial charge in [0.15, 0.2) is 0 Å². The Morgan fingerprint density at radius 3 is 2.79 bits per heavy atom. The van der Waals surface area contributed by atoms with E-state index in [2.05, 4.69) is 10.1 Å². The number of nitrogen functional groups attached to an aromatic ring is 1. The molecule has 1 aromatic heterocycles. The third-order valence-corrected chi connectivity index (χ3v) is 2.13. The van der Waals surface area contributed by atoms with E-state index in [0.29, 0.717) is 22.4 Å². The van der Waals surface area contributed by atoms with E-state index >= 15 is 0 Å². The molecule has 2 aromatic rings. The van der Waals surface area contributed by atoms with Gasteiger partial charge in [-0.2, -0.15) is 4.98 Å². The molecule has 4 nitrogen and oxygen atoms in total. The van der Waals surface area contributed by atoms with Crippen molar-refractivity contribution in [2.45, 2.75) is 6.92 Å². The second kappa shape index (κ2) is 3.31. The molecule has 0 saturated heterocycles. The molecule has 0 unspecified atom stereocenters. The van der Waals surface area contributed by atoms with E-state index in [-0.39, 0.29) is 0 Å². The lowest BCUT2D eigenvalue weighted by atomic mass is 10.2. The number of aromatic nitrogens is 2. The molecule has 0 amide bonds. The van der Waals surface area contributed by atoms with Gasteiger partial charge >= 0.3 is 0 Å². The first kappa shape index (κ1) is 9.02. The van der Waals surface area contributed by atoms with Gasteiger partial charge in [-0.1, -0.05) is 16.8 Å². The topological polar surface area (TPSA) is 64.9 Å². The van der Waals surface area contributed by atoms with Crippen molar-refractivity contribution in [2.24, 2.45) is 0 Å². The molecular weight excluding hydrogens is 202 g/mol. The van der Waals surface area contributed by atoms with Gasteiger partial charge < -0.3 is 10.3 Å². The van der Waals surface area contributed by atoms with Crippen LogP contribution in [0.5, 0.6) is 0 Å². The zero-order valence-electron chi connectivity index (χ0n) is 7.49. The van der Waals surface area contributed by atoms with Gasteiger partial charge in [-0.25, -0.2) is 0 Å². The molecule has 2 N–H and O–H groups in total. The zero-order chi connectivity index (χ0) is 10.1. The lowest BCUT2D eigenvalue weighted by Gasteiger charge is -1.98. The fraction of sp³-hybridized carbons (Fsp3) is 0.111. The van der Waals surface area contributed by atoms with Crippen LogP contribution in [0.1, 0.15) is 5.89 Å². The molecule has 0 saturated carbocycles. The summed E-state index contributed by atoms with van der Waals surface area (Å²) in [5.41, 5.74) is 6.95. The molecule has 1 aromatic carbocycles. The van der Waals surface area contributed by atoms with Crippen LogP contribution in [-0.4, -0.2) is 10.1 Å². The van der Waals surface area contributed by atoms with Crippen molar-refractivity contribution in [3.8, 4) is 11.4 Å². The molecule has 0 aliphatic heterocycles. The van der Waals surface area contributed by atoms with E-state index in [1.165, 1.54) is 0 Å². The Balaban J connectivity index is 2.47. The van der Waals surface area contributed by atoms with Crippen LogP contribution < -0.4 is 5.73 Å². The van der Waals surface area contributed by atoms with Crippen molar-refractivity contribution >= 4 is 17.3 Å². The number of hydrogen-bond acceptors (Lipinski definition) is 4. The fourth-order valence-corrected chi connectivity index (χ4v) is 1.22. The Hall–Kier alpha value is -1.55. The molecule has 1 heterocycles. The Morgan fingerprint density at radius 2 is 2.21 bits per heavy atom. The molecule has 0 spiro atoms. The number of aryl methyl sites for hydroxylation is 1. The predicted molar refractivity (Wildman–Crippen MR) is 53.9 cm³/mol. The van der Waals surface area contributed by atoms with Crippen LogP contribution in [0.4, 0.5) is 5.69 Å². The average molecular weight is 210 g/mol. The molecule has 0 radical (unpaired) electrons. The number of nitrogens with zero attached hydrogens (tertiary/aromatic N) is 2. The van der Waals surface area contributed by atoms with Crippen molar-refractivity contribution in [3.63, 3.8) is 0 Å². The van der Waals surface area contributed by atoms with Crippen molar-refractivity contribution in [2.75, 3.05) is 5.73 Å². The largest absolute Gasteiger partial charge is 0.398 e. The van der Waals surface area contributed by atoms with Crippen LogP contribution in [-0.2, 0) is 0 Å². The fourth-order valence-electron chi connectivity index (χ4n) is 1.10. The summed E-state index contributed by atoms with van der Waals surface area (Å²) >= 11 is 5.78. The highest BCUT2D eigenvalue weighted by Gasteiger charge is 2.06. The molecule has 14 heavy (non-hydrogen) atoms. The molecule has 0 atom stereocenters. The van der Waals surface area contributed by atoms with Crippen molar-refractivity contribution < 1.29 is 4.52 Å². The summed E-state index contributed by atoms with van der Waals surface area (Å²) in [6.45, 7) is 1.73. The first-order valence-electron chi connectivity index (χ1n) is 4.02. The standard InChI is InChI=1S/C9H8ClN3O/c1-5-12-9(13-14-5)6-2-3-7(10)8(11)4-6/h2-4H,11H2,1H3. The Morgan fingerprint density at radius 1 is 1.43 bits per heavy atom. The van der Waals surface area contributed by atoms with Gasteiger partial charge in [0, 0.05) is 12.5 Å². The molecule has 0 bridgehead atoms. The number of rotatable bonds is 1.